The van der Waals surface area contributed by atoms with E-state index in [1.54, 1.807) is 0 Å². The van der Waals surface area contributed by atoms with E-state index in [1.807, 2.05) is 44.2 Å². The molecule has 0 aromatic heterocycles. The molecule has 2 aromatic rings. The zero-order chi connectivity index (χ0) is 14.7. The summed E-state index contributed by atoms with van der Waals surface area (Å²) in [5, 5.41) is 0.739. The summed E-state index contributed by atoms with van der Waals surface area (Å²) in [6.07, 6.45) is 0. The fraction of sp³-hybridized carbons (Fsp3) is 0.294. The molecule has 0 heterocycles. The summed E-state index contributed by atoms with van der Waals surface area (Å²) in [6.45, 7) is 6.64. The number of nitrogens with two attached hydrogens (primary N) is 1. The molecule has 0 fully saturated rings. The summed E-state index contributed by atoms with van der Waals surface area (Å²) >= 11 is 6.19. The Kier molecular flexibility index (Phi) is 4.69. The second kappa shape index (κ2) is 6.29. The highest BCUT2D eigenvalue weighted by Crippen LogP contribution is 2.32. The zero-order valence-electron chi connectivity index (χ0n) is 12.1. The zero-order valence-corrected chi connectivity index (χ0v) is 12.9. The van der Waals surface area contributed by atoms with Crippen LogP contribution >= 0.6 is 11.6 Å². The Morgan fingerprint density at radius 3 is 2.60 bits per heavy atom. The van der Waals surface area contributed by atoms with Crippen LogP contribution in [-0.4, -0.2) is 6.61 Å². The van der Waals surface area contributed by atoms with E-state index in [1.165, 1.54) is 5.56 Å². The van der Waals surface area contributed by atoms with Crippen LogP contribution in [0.25, 0.3) is 0 Å². The molecule has 0 saturated heterocycles. The molecule has 0 radical (unpaired) electrons. The van der Waals surface area contributed by atoms with Crippen molar-refractivity contribution in [3.05, 3.63) is 63.7 Å². The minimum absolute atomic E-state index is 0.241. The van der Waals surface area contributed by atoms with Gasteiger partial charge in [-0.1, -0.05) is 41.4 Å². The smallest absolute Gasteiger partial charge is 0.124 e. The van der Waals surface area contributed by atoms with Gasteiger partial charge in [0.15, 0.2) is 0 Å². The van der Waals surface area contributed by atoms with E-state index >= 15 is 0 Å². The maximum Gasteiger partial charge on any atom is 0.124 e. The van der Waals surface area contributed by atoms with E-state index in [4.69, 9.17) is 22.1 Å². The lowest BCUT2D eigenvalue weighted by atomic mass is 9.94. The molecule has 0 aliphatic heterocycles. The van der Waals surface area contributed by atoms with Crippen LogP contribution in [0, 0.1) is 13.8 Å². The van der Waals surface area contributed by atoms with Gasteiger partial charge in [-0.3, -0.25) is 0 Å². The van der Waals surface area contributed by atoms with E-state index < -0.39 is 0 Å². The first-order valence-electron chi connectivity index (χ1n) is 6.78. The molecule has 0 aliphatic rings. The summed E-state index contributed by atoms with van der Waals surface area (Å²) in [5.41, 5.74) is 10.7. The Balaban J connectivity index is 2.49. The molecule has 2 rings (SSSR count). The molecule has 0 bridgehead atoms. The van der Waals surface area contributed by atoms with Crippen LogP contribution in [0.15, 0.2) is 36.4 Å². The summed E-state index contributed by atoms with van der Waals surface area (Å²) in [5.74, 6) is 0.838. The average molecular weight is 290 g/mol. The quantitative estimate of drug-likeness (QED) is 0.905. The monoisotopic (exact) mass is 289 g/mol. The number of hydrogen-bond donors (Lipinski definition) is 1. The summed E-state index contributed by atoms with van der Waals surface area (Å²) < 4.78 is 5.69. The van der Waals surface area contributed by atoms with E-state index in [9.17, 15) is 0 Å². The summed E-state index contributed by atoms with van der Waals surface area (Å²) in [6, 6.07) is 11.7. The predicted octanol–water partition coefficient (Wildman–Crippen LogP) is 4.40. The van der Waals surface area contributed by atoms with Gasteiger partial charge in [0.1, 0.15) is 5.75 Å². The van der Waals surface area contributed by atoms with Crippen molar-refractivity contribution in [3.8, 4) is 5.75 Å². The van der Waals surface area contributed by atoms with Crippen LogP contribution in [0.2, 0.25) is 5.02 Å². The van der Waals surface area contributed by atoms with E-state index in [0.29, 0.717) is 6.61 Å². The topological polar surface area (TPSA) is 35.2 Å². The minimum Gasteiger partial charge on any atom is -0.494 e. The standard InChI is InChI=1S/C17H20ClNO/c1-4-20-16-9-8-11(2)10-14(16)17(19)13-6-5-7-15(18)12(13)3/h5-10,17H,4,19H2,1-3H3. The fourth-order valence-corrected chi connectivity index (χ4v) is 2.51. The van der Waals surface area contributed by atoms with Gasteiger partial charge < -0.3 is 10.5 Å². The highest BCUT2D eigenvalue weighted by molar-refractivity contribution is 6.31. The van der Waals surface area contributed by atoms with Crippen molar-refractivity contribution in [3.63, 3.8) is 0 Å². The molecule has 2 N–H and O–H groups in total. The lowest BCUT2D eigenvalue weighted by molar-refractivity contribution is 0.335. The highest BCUT2D eigenvalue weighted by atomic mass is 35.5. The average Bonchev–Trinajstić information content (AvgIpc) is 2.43. The van der Waals surface area contributed by atoms with Crippen molar-refractivity contribution in [2.24, 2.45) is 5.73 Å². The first-order valence-corrected chi connectivity index (χ1v) is 7.16. The molecule has 3 heteroatoms. The molecule has 0 spiro atoms. The van der Waals surface area contributed by atoms with Crippen molar-refractivity contribution in [1.29, 1.82) is 0 Å². The first kappa shape index (κ1) is 14.9. The normalized spacial score (nSPS) is 12.2. The van der Waals surface area contributed by atoms with Crippen LogP contribution in [0.4, 0.5) is 0 Å². The number of hydrogen-bond acceptors (Lipinski definition) is 2. The second-order valence-corrected chi connectivity index (χ2v) is 5.31. The number of benzene rings is 2. The first-order chi connectivity index (χ1) is 9.54. The predicted molar refractivity (Wildman–Crippen MR) is 84.6 cm³/mol. The van der Waals surface area contributed by atoms with E-state index in [-0.39, 0.29) is 6.04 Å². The summed E-state index contributed by atoms with van der Waals surface area (Å²) in [4.78, 5) is 0. The van der Waals surface area contributed by atoms with Gasteiger partial charge in [0.05, 0.1) is 12.6 Å². The van der Waals surface area contributed by atoms with Gasteiger partial charge in [-0.25, -0.2) is 0 Å². The molecule has 2 nitrogen and oxygen atoms in total. The number of rotatable bonds is 4. The van der Waals surface area contributed by atoms with Crippen LogP contribution in [-0.2, 0) is 0 Å². The Morgan fingerprint density at radius 1 is 1.15 bits per heavy atom. The summed E-state index contributed by atoms with van der Waals surface area (Å²) in [7, 11) is 0. The van der Waals surface area contributed by atoms with Crippen LogP contribution in [0.3, 0.4) is 0 Å². The number of ether oxygens (including phenoxy) is 1. The lowest BCUT2D eigenvalue weighted by Gasteiger charge is -2.20. The van der Waals surface area contributed by atoms with Gasteiger partial charge in [-0.2, -0.15) is 0 Å². The number of halogens is 1. The maximum absolute atomic E-state index is 6.45. The largest absolute Gasteiger partial charge is 0.494 e. The van der Waals surface area contributed by atoms with Gasteiger partial charge in [0.2, 0.25) is 0 Å². The second-order valence-electron chi connectivity index (χ2n) is 4.91. The van der Waals surface area contributed by atoms with Crippen LogP contribution in [0.5, 0.6) is 5.75 Å². The van der Waals surface area contributed by atoms with Gasteiger partial charge >= 0.3 is 0 Å². The SMILES string of the molecule is CCOc1ccc(C)cc1C(N)c1cccc(Cl)c1C. The third kappa shape index (κ3) is 2.97. The Morgan fingerprint density at radius 2 is 1.90 bits per heavy atom. The third-order valence-electron chi connectivity index (χ3n) is 3.44. The van der Waals surface area contributed by atoms with Crippen LogP contribution in [0.1, 0.15) is 35.2 Å². The molecule has 2 aromatic carbocycles. The Labute approximate surface area is 125 Å². The van der Waals surface area contributed by atoms with Gasteiger partial charge in [0, 0.05) is 10.6 Å². The molecule has 0 amide bonds. The third-order valence-corrected chi connectivity index (χ3v) is 3.85. The molecule has 1 unspecified atom stereocenters. The van der Waals surface area contributed by atoms with Gasteiger partial charge in [-0.15, -0.1) is 0 Å². The highest BCUT2D eigenvalue weighted by Gasteiger charge is 2.17. The van der Waals surface area contributed by atoms with Gasteiger partial charge in [0.25, 0.3) is 0 Å². The van der Waals surface area contributed by atoms with E-state index in [2.05, 4.69) is 13.0 Å². The Bertz CT molecular complexity index is 610. The van der Waals surface area contributed by atoms with Crippen molar-refractivity contribution < 1.29 is 4.74 Å². The van der Waals surface area contributed by atoms with Crippen molar-refractivity contribution in [2.75, 3.05) is 6.61 Å². The van der Waals surface area contributed by atoms with Gasteiger partial charge in [-0.05, 0) is 44.0 Å². The van der Waals surface area contributed by atoms with Crippen molar-refractivity contribution in [2.45, 2.75) is 26.8 Å². The minimum atomic E-state index is -0.241. The molecule has 106 valence electrons. The van der Waals surface area contributed by atoms with Crippen molar-refractivity contribution >= 4 is 11.6 Å². The molecule has 20 heavy (non-hydrogen) atoms. The number of aryl methyl sites for hydroxylation is 1. The molecule has 0 aliphatic carbocycles. The lowest BCUT2D eigenvalue weighted by Crippen LogP contribution is -2.15. The van der Waals surface area contributed by atoms with Crippen LogP contribution < -0.4 is 10.5 Å². The molecule has 0 saturated carbocycles. The Hall–Kier alpha value is -1.51. The van der Waals surface area contributed by atoms with E-state index in [0.717, 1.165) is 27.5 Å². The maximum atomic E-state index is 6.45. The molecule has 1 atom stereocenters. The fourth-order valence-electron chi connectivity index (χ4n) is 2.33. The molecular formula is C17H20ClNO. The molecular weight excluding hydrogens is 270 g/mol. The van der Waals surface area contributed by atoms with Crippen molar-refractivity contribution in [1.82, 2.24) is 0 Å².